The largest absolute Gasteiger partial charge is 0.497 e. The average Bonchev–Trinajstić information content (AvgIpc) is 3.28. The van der Waals surface area contributed by atoms with E-state index in [0.717, 1.165) is 19.3 Å². The van der Waals surface area contributed by atoms with Crippen LogP contribution < -0.4 is 21.3 Å². The standard InChI is InChI=1S/C27H35N7O6S/c1-3-4-14-29-27(36)40-18-19-9-8-15-33(17-19)41(37,38)23-13-12-21(39-2)16-22(23)30-31-24-25(28)32-34(26(24)35)20-10-6-5-7-11-20/h5-7,10-13,16,19,32H,3-4,8-9,14-15,17-18,28H2,1-2H3,(H,29,36). The highest BCUT2D eigenvalue weighted by molar-refractivity contribution is 7.89. The first-order valence-corrected chi connectivity index (χ1v) is 14.8. The summed E-state index contributed by atoms with van der Waals surface area (Å²) in [5, 5.41) is 13.6. The van der Waals surface area contributed by atoms with Crippen LogP contribution in [0.5, 0.6) is 5.75 Å². The number of para-hydroxylation sites is 1. The number of azo groups is 1. The number of carbonyl (C=O) groups is 1. The monoisotopic (exact) mass is 585 g/mol. The topological polar surface area (TPSA) is 173 Å². The third-order valence-corrected chi connectivity index (χ3v) is 8.59. The van der Waals surface area contributed by atoms with Gasteiger partial charge >= 0.3 is 11.7 Å². The number of nitrogens with zero attached hydrogens (tertiary/aromatic N) is 4. The molecule has 0 aliphatic carbocycles. The highest BCUT2D eigenvalue weighted by atomic mass is 32.2. The van der Waals surface area contributed by atoms with E-state index < -0.39 is 21.7 Å². The number of rotatable bonds is 11. The van der Waals surface area contributed by atoms with E-state index >= 15 is 0 Å². The fourth-order valence-corrected chi connectivity index (χ4v) is 6.12. The van der Waals surface area contributed by atoms with Crippen molar-refractivity contribution in [1.29, 1.82) is 0 Å². The van der Waals surface area contributed by atoms with Crippen molar-refractivity contribution in [2.24, 2.45) is 16.1 Å². The predicted octanol–water partition coefficient (Wildman–Crippen LogP) is 4.10. The molecular formula is C27H35N7O6S. The van der Waals surface area contributed by atoms with Crippen LogP contribution in [0.2, 0.25) is 0 Å². The summed E-state index contributed by atoms with van der Waals surface area (Å²) in [5.41, 5.74) is 5.86. The number of H-pyrrole nitrogens is 1. The summed E-state index contributed by atoms with van der Waals surface area (Å²) in [5.74, 6) is 0.183. The van der Waals surface area contributed by atoms with E-state index in [1.165, 1.54) is 34.3 Å². The van der Waals surface area contributed by atoms with Gasteiger partial charge < -0.3 is 20.5 Å². The van der Waals surface area contributed by atoms with Crippen LogP contribution in [0.25, 0.3) is 5.69 Å². The number of carbonyl (C=O) groups excluding carboxylic acids is 1. The number of benzene rings is 2. The number of nitrogens with one attached hydrogen (secondary N) is 2. The number of hydrogen-bond acceptors (Lipinski definition) is 9. The van der Waals surface area contributed by atoms with Crippen LogP contribution >= 0.6 is 0 Å². The number of methoxy groups -OCH3 is 1. The van der Waals surface area contributed by atoms with Crippen LogP contribution in [0, 0.1) is 5.92 Å². The van der Waals surface area contributed by atoms with E-state index in [2.05, 4.69) is 20.6 Å². The van der Waals surface area contributed by atoms with Crippen LogP contribution in [0.3, 0.4) is 0 Å². The van der Waals surface area contributed by atoms with Gasteiger partial charge in [0.15, 0.2) is 5.69 Å². The van der Waals surface area contributed by atoms with Gasteiger partial charge in [-0.1, -0.05) is 31.5 Å². The lowest BCUT2D eigenvalue weighted by molar-refractivity contribution is 0.109. The van der Waals surface area contributed by atoms with Gasteiger partial charge in [0.05, 0.1) is 19.4 Å². The molecule has 4 rings (SSSR count). The number of aromatic nitrogens is 2. The molecule has 0 saturated carbocycles. The number of nitrogens with two attached hydrogens (primary N) is 1. The molecule has 0 radical (unpaired) electrons. The molecule has 0 bridgehead atoms. The Morgan fingerprint density at radius 3 is 2.71 bits per heavy atom. The van der Waals surface area contributed by atoms with Crippen molar-refractivity contribution in [2.45, 2.75) is 37.5 Å². The van der Waals surface area contributed by atoms with Crippen molar-refractivity contribution in [3.63, 3.8) is 0 Å². The second-order valence-corrected chi connectivity index (χ2v) is 11.5. The zero-order valence-electron chi connectivity index (χ0n) is 23.1. The summed E-state index contributed by atoms with van der Waals surface area (Å²) in [7, 11) is -2.58. The summed E-state index contributed by atoms with van der Waals surface area (Å²) in [6.07, 6.45) is 2.63. The molecule has 0 spiro atoms. The zero-order chi connectivity index (χ0) is 29.4. The van der Waals surface area contributed by atoms with E-state index in [1.54, 1.807) is 24.3 Å². The van der Waals surface area contributed by atoms with E-state index in [1.807, 2.05) is 13.0 Å². The van der Waals surface area contributed by atoms with Crippen LogP contribution in [0.1, 0.15) is 32.6 Å². The van der Waals surface area contributed by atoms with Gasteiger partial charge in [-0.15, -0.1) is 10.2 Å². The highest BCUT2D eigenvalue weighted by Crippen LogP contribution is 2.34. The Bertz CT molecular complexity index is 1540. The maximum atomic E-state index is 13.8. The van der Waals surface area contributed by atoms with Gasteiger partial charge in [-0.3, -0.25) is 9.89 Å². The van der Waals surface area contributed by atoms with Gasteiger partial charge in [0.25, 0.3) is 0 Å². The summed E-state index contributed by atoms with van der Waals surface area (Å²) in [4.78, 5) is 24.8. The van der Waals surface area contributed by atoms with E-state index in [0.29, 0.717) is 30.9 Å². The number of anilines is 1. The van der Waals surface area contributed by atoms with Gasteiger partial charge in [0.2, 0.25) is 10.0 Å². The number of piperidine rings is 1. The molecule has 220 valence electrons. The van der Waals surface area contributed by atoms with Crippen molar-refractivity contribution < 1.29 is 22.7 Å². The van der Waals surface area contributed by atoms with Gasteiger partial charge in [-0.2, -0.15) is 4.31 Å². The molecule has 2 aromatic carbocycles. The molecule has 1 saturated heterocycles. The first-order chi connectivity index (χ1) is 19.7. The smallest absolute Gasteiger partial charge is 0.407 e. The SMILES string of the molecule is CCCCNC(=O)OCC1CCCN(S(=O)(=O)c2ccc(OC)cc2N=Nc2c(N)[nH]n(-c3ccccc3)c2=O)C1. The third-order valence-electron chi connectivity index (χ3n) is 6.68. The summed E-state index contributed by atoms with van der Waals surface area (Å²) in [6, 6.07) is 13.1. The van der Waals surface area contributed by atoms with Crippen molar-refractivity contribution in [3.05, 3.63) is 58.9 Å². The summed E-state index contributed by atoms with van der Waals surface area (Å²) < 4.78 is 40.7. The minimum absolute atomic E-state index is 0.00992. The molecule has 1 aliphatic rings. The molecule has 13 nitrogen and oxygen atoms in total. The van der Waals surface area contributed by atoms with Gasteiger partial charge in [-0.25, -0.2) is 17.9 Å². The number of amides is 1. The van der Waals surface area contributed by atoms with Crippen molar-refractivity contribution in [3.8, 4) is 11.4 Å². The van der Waals surface area contributed by atoms with Gasteiger partial charge in [-0.05, 0) is 43.5 Å². The van der Waals surface area contributed by atoms with Crippen molar-refractivity contribution >= 4 is 33.3 Å². The number of sulfonamides is 1. The fourth-order valence-electron chi connectivity index (χ4n) is 4.46. The first kappa shape index (κ1) is 29.8. The normalized spacial score (nSPS) is 16.1. The molecule has 14 heteroatoms. The van der Waals surface area contributed by atoms with Crippen LogP contribution in [-0.2, 0) is 14.8 Å². The van der Waals surface area contributed by atoms with E-state index in [9.17, 15) is 18.0 Å². The predicted molar refractivity (Wildman–Crippen MR) is 154 cm³/mol. The Morgan fingerprint density at radius 2 is 1.98 bits per heavy atom. The van der Waals surface area contributed by atoms with Crippen LogP contribution in [-0.4, -0.2) is 61.9 Å². The Balaban J connectivity index is 1.56. The number of hydrogen-bond donors (Lipinski definition) is 3. The first-order valence-electron chi connectivity index (χ1n) is 13.4. The molecule has 2 heterocycles. The Hall–Kier alpha value is -4.17. The second kappa shape index (κ2) is 13.5. The molecular weight excluding hydrogens is 550 g/mol. The number of nitrogen functional groups attached to an aromatic ring is 1. The summed E-state index contributed by atoms with van der Waals surface area (Å²) >= 11 is 0. The quantitative estimate of drug-likeness (QED) is 0.224. The Labute approximate surface area is 238 Å². The molecule has 3 aromatic rings. The molecule has 41 heavy (non-hydrogen) atoms. The zero-order valence-corrected chi connectivity index (χ0v) is 23.9. The molecule has 4 N–H and O–H groups in total. The Kier molecular flexibility index (Phi) is 9.78. The van der Waals surface area contributed by atoms with E-state index in [-0.39, 0.29) is 41.2 Å². The molecule has 1 unspecified atom stereocenters. The second-order valence-electron chi connectivity index (χ2n) is 9.63. The van der Waals surface area contributed by atoms with Crippen molar-refractivity contribution in [1.82, 2.24) is 19.4 Å². The lowest BCUT2D eigenvalue weighted by Crippen LogP contribution is -2.41. The van der Waals surface area contributed by atoms with Crippen molar-refractivity contribution in [2.75, 3.05) is 39.1 Å². The van der Waals surface area contributed by atoms with E-state index in [4.69, 9.17) is 15.2 Å². The number of aromatic amines is 1. The lowest BCUT2D eigenvalue weighted by atomic mass is 10.0. The number of ether oxygens (including phenoxy) is 2. The summed E-state index contributed by atoms with van der Waals surface area (Å²) in [6.45, 7) is 3.15. The molecule has 1 amide bonds. The maximum absolute atomic E-state index is 13.8. The molecule has 1 atom stereocenters. The van der Waals surface area contributed by atoms with Gasteiger partial charge in [0, 0.05) is 31.6 Å². The average molecular weight is 586 g/mol. The van der Waals surface area contributed by atoms with Gasteiger partial charge in [0.1, 0.15) is 22.2 Å². The molecule has 1 aromatic heterocycles. The van der Waals surface area contributed by atoms with Crippen LogP contribution in [0.4, 0.5) is 22.0 Å². The number of alkyl carbamates (subject to hydrolysis) is 1. The third kappa shape index (κ3) is 7.13. The lowest BCUT2D eigenvalue weighted by Gasteiger charge is -2.31. The molecule has 1 aliphatic heterocycles. The Morgan fingerprint density at radius 1 is 1.20 bits per heavy atom. The molecule has 1 fully saturated rings. The highest BCUT2D eigenvalue weighted by Gasteiger charge is 2.33. The minimum Gasteiger partial charge on any atom is -0.497 e. The fraction of sp³-hybridized carbons (Fsp3) is 0.407. The minimum atomic E-state index is -4.02. The number of unbranched alkanes of at least 4 members (excludes halogenated alkanes) is 1. The van der Waals surface area contributed by atoms with Crippen LogP contribution in [0.15, 0.2) is 68.4 Å². The maximum Gasteiger partial charge on any atom is 0.407 e.